The summed E-state index contributed by atoms with van der Waals surface area (Å²) in [6.45, 7) is 0. The molecule has 0 aliphatic heterocycles. The van der Waals surface area contributed by atoms with Gasteiger partial charge in [-0.15, -0.1) is 0 Å². The van der Waals surface area contributed by atoms with E-state index in [2.05, 4.69) is 83.1 Å². The summed E-state index contributed by atoms with van der Waals surface area (Å²) in [4.78, 5) is 27.8. The van der Waals surface area contributed by atoms with Gasteiger partial charge in [-0.25, -0.2) is 9.37 Å². The molecule has 0 spiro atoms. The van der Waals surface area contributed by atoms with Crippen LogP contribution in [0.25, 0.3) is 11.3 Å². The smallest absolute Gasteiger partial charge is 0.324 e. The number of benzene rings is 5. The maximum Gasteiger partial charge on any atom is 0.324 e. The van der Waals surface area contributed by atoms with Crippen LogP contribution >= 0.6 is 7.05 Å². The summed E-state index contributed by atoms with van der Waals surface area (Å²) in [5.74, 6) is -0.698. The summed E-state index contributed by atoms with van der Waals surface area (Å²) in [6.07, 6.45) is 0. The Morgan fingerprint density at radius 2 is 1.00 bits per heavy atom. The number of rotatable bonds is 8. The average molecular weight is 651 g/mol. The Kier molecular flexibility index (Phi) is 9.53. The molecule has 1 aromatic heterocycles. The SMILES string of the molecule is O=[N+]([O-])c1cc([N+](=O)[O-])c(O)c([N+](=O)[O-])c1.c1ccc(-c2nonc2N=P(c2ccccc2)(c2ccccc2)c2ccccc2)cc1. The molecular formula is C32H23N6O8P. The predicted octanol–water partition coefficient (Wildman–Crippen LogP) is 6.66. The van der Waals surface area contributed by atoms with Crippen molar-refractivity contribution >= 4 is 45.8 Å². The molecule has 15 heteroatoms. The van der Waals surface area contributed by atoms with E-state index in [9.17, 15) is 30.3 Å². The molecule has 0 fully saturated rings. The highest BCUT2D eigenvalue weighted by molar-refractivity contribution is 7.87. The first-order valence-electron chi connectivity index (χ1n) is 13.7. The quantitative estimate of drug-likeness (QED) is 0.105. The number of nitro groups is 3. The Balaban J connectivity index is 0.000000230. The average Bonchev–Trinajstić information content (AvgIpc) is 3.57. The molecular weight excluding hydrogens is 627 g/mol. The largest absolute Gasteiger partial charge is 0.497 e. The molecule has 1 heterocycles. The van der Waals surface area contributed by atoms with Gasteiger partial charge >= 0.3 is 11.4 Å². The second-order valence-electron chi connectivity index (χ2n) is 9.65. The number of nitro benzene ring substituents is 3. The summed E-state index contributed by atoms with van der Waals surface area (Å²) in [7, 11) is -2.43. The van der Waals surface area contributed by atoms with Crippen molar-refractivity contribution in [2.24, 2.45) is 4.74 Å². The molecule has 5 aromatic carbocycles. The molecule has 6 aromatic rings. The first kappa shape index (κ1) is 31.9. The number of phenols is 1. The zero-order chi connectivity index (χ0) is 33.4. The molecule has 0 aliphatic carbocycles. The minimum Gasteiger partial charge on any atom is -0.497 e. The molecule has 6 rings (SSSR count). The van der Waals surface area contributed by atoms with E-state index in [0.717, 1.165) is 21.5 Å². The molecule has 0 bridgehead atoms. The van der Waals surface area contributed by atoms with Gasteiger partial charge in [-0.1, -0.05) is 121 Å². The van der Waals surface area contributed by atoms with E-state index in [0.29, 0.717) is 23.6 Å². The maximum absolute atomic E-state index is 10.4. The molecule has 0 unspecified atom stereocenters. The number of aromatic nitrogens is 2. The van der Waals surface area contributed by atoms with Crippen molar-refractivity contribution in [1.29, 1.82) is 0 Å². The molecule has 0 aliphatic rings. The third-order valence-electron chi connectivity index (χ3n) is 6.81. The Labute approximate surface area is 266 Å². The normalized spacial score (nSPS) is 10.7. The van der Waals surface area contributed by atoms with Crippen molar-refractivity contribution in [3.8, 4) is 17.0 Å². The van der Waals surface area contributed by atoms with Gasteiger partial charge in [0, 0.05) is 21.5 Å². The van der Waals surface area contributed by atoms with Gasteiger partial charge in [0.1, 0.15) is 0 Å². The minimum atomic E-state index is -2.43. The molecule has 47 heavy (non-hydrogen) atoms. The standard InChI is InChI=1S/C26H20N3OP.C6H3N3O7/c1-5-13-21(14-6-1)25-26(28-30-27-25)29-31(22-15-7-2-8-16-22,23-17-9-3-10-18-23)24-19-11-4-12-20-24;10-6-4(8(13)14)1-3(7(11)12)2-5(6)9(15)16/h1-20H;1-2,10H. The van der Waals surface area contributed by atoms with Gasteiger partial charge in [0.15, 0.2) is 5.69 Å². The zero-order valence-corrected chi connectivity index (χ0v) is 25.0. The maximum atomic E-state index is 10.4. The number of phenolic OH excluding ortho intramolecular Hbond substituents is 1. The number of hydrogen-bond donors (Lipinski definition) is 1. The molecule has 0 saturated heterocycles. The topological polar surface area (TPSA) is 201 Å². The summed E-state index contributed by atoms with van der Waals surface area (Å²) < 4.78 is 10.6. The van der Waals surface area contributed by atoms with Crippen molar-refractivity contribution in [2.75, 3.05) is 0 Å². The summed E-state index contributed by atoms with van der Waals surface area (Å²) in [5.41, 5.74) is -1.43. The molecule has 14 nitrogen and oxygen atoms in total. The van der Waals surface area contributed by atoms with Gasteiger partial charge in [0.2, 0.25) is 5.82 Å². The van der Waals surface area contributed by atoms with Gasteiger partial charge in [0.05, 0.1) is 34.0 Å². The van der Waals surface area contributed by atoms with Crippen LogP contribution in [0.4, 0.5) is 22.9 Å². The Morgan fingerprint density at radius 3 is 1.38 bits per heavy atom. The van der Waals surface area contributed by atoms with Gasteiger partial charge in [-0.05, 0) is 10.3 Å². The van der Waals surface area contributed by atoms with Gasteiger partial charge in [-0.2, -0.15) is 0 Å². The first-order valence-corrected chi connectivity index (χ1v) is 15.4. The Hall–Kier alpha value is -6.53. The molecule has 0 amide bonds. The van der Waals surface area contributed by atoms with E-state index >= 15 is 0 Å². The monoisotopic (exact) mass is 650 g/mol. The van der Waals surface area contributed by atoms with Crippen LogP contribution in [0.15, 0.2) is 143 Å². The lowest BCUT2D eigenvalue weighted by atomic mass is 10.2. The first-order chi connectivity index (χ1) is 22.7. The summed E-state index contributed by atoms with van der Waals surface area (Å²) in [5, 5.41) is 52.1. The van der Waals surface area contributed by atoms with Gasteiger partial charge in [0.25, 0.3) is 11.4 Å². The van der Waals surface area contributed by atoms with Crippen LogP contribution < -0.4 is 15.9 Å². The lowest BCUT2D eigenvalue weighted by molar-refractivity contribution is -0.404. The fourth-order valence-electron chi connectivity index (χ4n) is 4.69. The van der Waals surface area contributed by atoms with Crippen LogP contribution in [0.1, 0.15) is 0 Å². The molecule has 0 radical (unpaired) electrons. The molecule has 1 N–H and O–H groups in total. The van der Waals surface area contributed by atoms with Crippen molar-refractivity contribution in [1.82, 2.24) is 10.3 Å². The van der Waals surface area contributed by atoms with Crippen LogP contribution in [0, 0.1) is 30.3 Å². The van der Waals surface area contributed by atoms with E-state index < -0.39 is 44.6 Å². The fraction of sp³-hybridized carbons (Fsp3) is 0. The fourth-order valence-corrected chi connectivity index (χ4v) is 8.16. The lowest BCUT2D eigenvalue weighted by Gasteiger charge is -2.26. The molecule has 0 atom stereocenters. The minimum absolute atomic E-state index is 0.447. The number of hydrogen-bond acceptors (Lipinski definition) is 11. The second-order valence-corrected chi connectivity index (χ2v) is 12.7. The van der Waals surface area contributed by atoms with E-state index in [-0.39, 0.29) is 0 Å². The van der Waals surface area contributed by atoms with Crippen LogP contribution in [0.3, 0.4) is 0 Å². The third-order valence-corrected chi connectivity index (χ3v) is 10.4. The van der Waals surface area contributed by atoms with Crippen LogP contribution in [0.2, 0.25) is 0 Å². The number of aromatic hydroxyl groups is 1. The molecule has 234 valence electrons. The summed E-state index contributed by atoms with van der Waals surface area (Å²) in [6, 6.07) is 42.1. The lowest BCUT2D eigenvalue weighted by Crippen LogP contribution is -2.25. The van der Waals surface area contributed by atoms with E-state index in [1.165, 1.54) is 0 Å². The van der Waals surface area contributed by atoms with Crippen molar-refractivity contribution in [2.45, 2.75) is 0 Å². The predicted molar refractivity (Wildman–Crippen MR) is 175 cm³/mol. The van der Waals surface area contributed by atoms with Gasteiger partial charge in [-0.3, -0.25) is 30.3 Å². The highest BCUT2D eigenvalue weighted by Crippen LogP contribution is 2.50. The van der Waals surface area contributed by atoms with E-state index in [4.69, 9.17) is 14.5 Å². The highest BCUT2D eigenvalue weighted by Gasteiger charge is 2.31. The van der Waals surface area contributed by atoms with Crippen LogP contribution in [-0.2, 0) is 0 Å². The third kappa shape index (κ3) is 6.77. The van der Waals surface area contributed by atoms with Crippen molar-refractivity contribution < 1.29 is 24.5 Å². The highest BCUT2D eigenvalue weighted by atomic mass is 31.2. The van der Waals surface area contributed by atoms with E-state index in [1.54, 1.807) is 0 Å². The number of nitrogens with zero attached hydrogens (tertiary/aromatic N) is 6. The van der Waals surface area contributed by atoms with Crippen LogP contribution in [0.5, 0.6) is 5.75 Å². The Morgan fingerprint density at radius 1 is 0.596 bits per heavy atom. The molecule has 0 saturated carbocycles. The van der Waals surface area contributed by atoms with Crippen molar-refractivity contribution in [3.05, 3.63) is 164 Å². The van der Waals surface area contributed by atoms with Crippen molar-refractivity contribution in [3.63, 3.8) is 0 Å². The summed E-state index contributed by atoms with van der Waals surface area (Å²) >= 11 is 0. The van der Waals surface area contributed by atoms with Gasteiger partial charge < -0.3 is 5.11 Å². The zero-order valence-electron chi connectivity index (χ0n) is 24.1. The van der Waals surface area contributed by atoms with Crippen LogP contribution in [-0.4, -0.2) is 30.2 Å². The van der Waals surface area contributed by atoms with E-state index in [1.807, 2.05) is 48.5 Å². The number of non-ortho nitro benzene ring substituents is 1. The second kappa shape index (κ2) is 14.1. The Bertz CT molecular complexity index is 1960.